The predicted octanol–water partition coefficient (Wildman–Crippen LogP) is 1.87. The Bertz CT molecular complexity index is 393. The molecule has 0 amide bonds. The van der Waals surface area contributed by atoms with E-state index in [1.165, 1.54) is 0 Å². The highest BCUT2D eigenvalue weighted by atomic mass is 79.9. The fraction of sp³-hybridized carbons (Fsp3) is 0.125. The van der Waals surface area contributed by atoms with Crippen LogP contribution in [0.5, 0.6) is 0 Å². The van der Waals surface area contributed by atoms with Crippen LogP contribution in [0.4, 0.5) is 5.82 Å². The van der Waals surface area contributed by atoms with Gasteiger partial charge in [-0.2, -0.15) is 5.10 Å². The lowest BCUT2D eigenvalue weighted by molar-refractivity contribution is 0.560. The van der Waals surface area contributed by atoms with Crippen molar-refractivity contribution in [2.75, 3.05) is 5.73 Å². The van der Waals surface area contributed by atoms with Crippen LogP contribution < -0.4 is 5.73 Å². The number of furan rings is 1. The van der Waals surface area contributed by atoms with Gasteiger partial charge in [0, 0.05) is 5.56 Å². The van der Waals surface area contributed by atoms with Crippen LogP contribution in [0.15, 0.2) is 33.7 Å². The molecule has 0 atom stereocenters. The highest BCUT2D eigenvalue weighted by Crippen LogP contribution is 2.18. The summed E-state index contributed by atoms with van der Waals surface area (Å²) in [7, 11) is 0. The Morgan fingerprint density at radius 2 is 2.46 bits per heavy atom. The molecule has 13 heavy (non-hydrogen) atoms. The number of aromatic nitrogens is 2. The first kappa shape index (κ1) is 8.37. The number of hydrogen-bond donors (Lipinski definition) is 1. The van der Waals surface area contributed by atoms with Gasteiger partial charge in [-0.25, -0.2) is 4.68 Å². The van der Waals surface area contributed by atoms with Crippen LogP contribution >= 0.6 is 15.9 Å². The Morgan fingerprint density at radius 1 is 1.62 bits per heavy atom. The molecule has 0 unspecified atom stereocenters. The van der Waals surface area contributed by atoms with Crippen LogP contribution in [0.25, 0.3) is 0 Å². The molecule has 0 fully saturated rings. The van der Waals surface area contributed by atoms with E-state index in [2.05, 4.69) is 21.0 Å². The molecule has 2 heterocycles. The third-order valence-corrected chi connectivity index (χ3v) is 2.36. The van der Waals surface area contributed by atoms with Crippen LogP contribution in [0, 0.1) is 0 Å². The summed E-state index contributed by atoms with van der Waals surface area (Å²) in [6.45, 7) is 0.633. The predicted molar refractivity (Wildman–Crippen MR) is 52.1 cm³/mol. The Kier molecular flexibility index (Phi) is 2.10. The lowest BCUT2D eigenvalue weighted by atomic mass is 10.3. The minimum atomic E-state index is 0.626. The zero-order valence-corrected chi connectivity index (χ0v) is 8.36. The molecule has 2 N–H and O–H groups in total. The van der Waals surface area contributed by atoms with E-state index in [9.17, 15) is 0 Å². The third kappa shape index (κ3) is 1.60. The maximum Gasteiger partial charge on any atom is 0.136 e. The van der Waals surface area contributed by atoms with E-state index in [4.69, 9.17) is 10.2 Å². The second kappa shape index (κ2) is 3.26. The summed E-state index contributed by atoms with van der Waals surface area (Å²) in [5.74, 6) is 0.626. The molecule has 0 aliphatic carbocycles. The zero-order chi connectivity index (χ0) is 9.26. The molecule has 0 radical (unpaired) electrons. The molecule has 0 saturated carbocycles. The van der Waals surface area contributed by atoms with Crippen LogP contribution in [0.2, 0.25) is 0 Å². The summed E-state index contributed by atoms with van der Waals surface area (Å²) >= 11 is 3.29. The van der Waals surface area contributed by atoms with Crippen molar-refractivity contribution >= 4 is 21.7 Å². The van der Waals surface area contributed by atoms with Gasteiger partial charge in [-0.05, 0) is 22.0 Å². The Balaban J connectivity index is 2.24. The van der Waals surface area contributed by atoms with E-state index in [0.29, 0.717) is 12.4 Å². The minimum Gasteiger partial charge on any atom is -0.472 e. The Hall–Kier alpha value is -1.23. The third-order valence-electron chi connectivity index (χ3n) is 1.75. The van der Waals surface area contributed by atoms with Gasteiger partial charge in [-0.3, -0.25) is 0 Å². The molecule has 0 aromatic carbocycles. The van der Waals surface area contributed by atoms with Gasteiger partial charge < -0.3 is 10.2 Å². The number of nitrogen functional groups attached to an aromatic ring is 1. The molecule has 0 aliphatic rings. The van der Waals surface area contributed by atoms with Gasteiger partial charge in [0.25, 0.3) is 0 Å². The monoisotopic (exact) mass is 241 g/mol. The summed E-state index contributed by atoms with van der Waals surface area (Å²) in [5, 5.41) is 4.09. The number of anilines is 1. The molecule has 2 rings (SSSR count). The van der Waals surface area contributed by atoms with Crippen molar-refractivity contribution in [2.45, 2.75) is 6.54 Å². The van der Waals surface area contributed by atoms with Crippen molar-refractivity contribution in [3.05, 3.63) is 34.8 Å². The first-order valence-electron chi connectivity index (χ1n) is 3.75. The zero-order valence-electron chi connectivity index (χ0n) is 6.77. The number of nitrogens with two attached hydrogens (primary N) is 1. The second-order valence-corrected chi connectivity index (χ2v) is 3.52. The molecule has 0 spiro atoms. The van der Waals surface area contributed by atoms with E-state index in [-0.39, 0.29) is 0 Å². The quantitative estimate of drug-likeness (QED) is 0.874. The lowest BCUT2D eigenvalue weighted by Gasteiger charge is -2.00. The second-order valence-electron chi connectivity index (χ2n) is 2.67. The van der Waals surface area contributed by atoms with Crippen molar-refractivity contribution in [3.63, 3.8) is 0 Å². The SMILES string of the molecule is Nc1c(Br)cnn1Cc1ccoc1. The van der Waals surface area contributed by atoms with Gasteiger partial charge in [0.05, 0.1) is 29.7 Å². The fourth-order valence-electron chi connectivity index (χ4n) is 1.05. The van der Waals surface area contributed by atoms with Gasteiger partial charge >= 0.3 is 0 Å². The average molecular weight is 242 g/mol. The van der Waals surface area contributed by atoms with E-state index in [0.717, 1.165) is 10.0 Å². The number of rotatable bonds is 2. The summed E-state index contributed by atoms with van der Waals surface area (Å²) in [4.78, 5) is 0. The van der Waals surface area contributed by atoms with Crippen LogP contribution in [0.1, 0.15) is 5.56 Å². The first-order valence-corrected chi connectivity index (χ1v) is 4.54. The minimum absolute atomic E-state index is 0.626. The molecule has 5 heteroatoms. The van der Waals surface area contributed by atoms with Crippen LogP contribution in [0.3, 0.4) is 0 Å². The van der Waals surface area contributed by atoms with Crippen molar-refractivity contribution in [1.82, 2.24) is 9.78 Å². The summed E-state index contributed by atoms with van der Waals surface area (Å²) < 4.78 is 7.46. The summed E-state index contributed by atoms with van der Waals surface area (Å²) in [5.41, 5.74) is 6.79. The van der Waals surface area contributed by atoms with Gasteiger partial charge in [0.1, 0.15) is 5.82 Å². The first-order chi connectivity index (χ1) is 6.27. The van der Waals surface area contributed by atoms with E-state index < -0.39 is 0 Å². The largest absolute Gasteiger partial charge is 0.472 e. The number of hydrogen-bond acceptors (Lipinski definition) is 3. The smallest absolute Gasteiger partial charge is 0.136 e. The molecule has 2 aromatic heterocycles. The molecule has 0 saturated heterocycles. The molecule has 68 valence electrons. The van der Waals surface area contributed by atoms with E-state index >= 15 is 0 Å². The maximum atomic E-state index is 5.74. The Labute approximate surface area is 83.5 Å². The summed E-state index contributed by atoms with van der Waals surface area (Å²) in [6, 6.07) is 1.88. The van der Waals surface area contributed by atoms with Crippen molar-refractivity contribution < 1.29 is 4.42 Å². The topological polar surface area (TPSA) is 57.0 Å². The van der Waals surface area contributed by atoms with Crippen LogP contribution in [-0.2, 0) is 6.54 Å². The number of nitrogens with zero attached hydrogens (tertiary/aromatic N) is 2. The normalized spacial score (nSPS) is 10.5. The van der Waals surface area contributed by atoms with Crippen molar-refractivity contribution in [2.24, 2.45) is 0 Å². The molecule has 2 aromatic rings. The van der Waals surface area contributed by atoms with Gasteiger partial charge in [-0.1, -0.05) is 0 Å². The Morgan fingerprint density at radius 3 is 3.00 bits per heavy atom. The molecule has 4 nitrogen and oxygen atoms in total. The van der Waals surface area contributed by atoms with Gasteiger partial charge in [0.15, 0.2) is 0 Å². The summed E-state index contributed by atoms with van der Waals surface area (Å²) in [6.07, 6.45) is 4.98. The molecular weight excluding hydrogens is 234 g/mol. The molecule has 0 bridgehead atoms. The van der Waals surface area contributed by atoms with Crippen LogP contribution in [-0.4, -0.2) is 9.78 Å². The maximum absolute atomic E-state index is 5.74. The number of halogens is 1. The molecule has 0 aliphatic heterocycles. The van der Waals surface area contributed by atoms with Gasteiger partial charge in [-0.15, -0.1) is 0 Å². The highest BCUT2D eigenvalue weighted by molar-refractivity contribution is 9.10. The highest BCUT2D eigenvalue weighted by Gasteiger charge is 2.04. The van der Waals surface area contributed by atoms with Crippen molar-refractivity contribution in [3.8, 4) is 0 Å². The lowest BCUT2D eigenvalue weighted by Crippen LogP contribution is -2.04. The van der Waals surface area contributed by atoms with E-state index in [1.807, 2.05) is 6.07 Å². The van der Waals surface area contributed by atoms with Crippen molar-refractivity contribution in [1.29, 1.82) is 0 Å². The van der Waals surface area contributed by atoms with Gasteiger partial charge in [0.2, 0.25) is 0 Å². The average Bonchev–Trinajstić information content (AvgIpc) is 2.71. The standard InChI is InChI=1S/C8H8BrN3O/c9-7-3-11-12(8(7)10)4-6-1-2-13-5-6/h1-3,5H,4,10H2. The fourth-order valence-corrected chi connectivity index (χ4v) is 1.35. The molecular formula is C8H8BrN3O. The van der Waals surface area contributed by atoms with E-state index in [1.54, 1.807) is 23.4 Å².